The summed E-state index contributed by atoms with van der Waals surface area (Å²) in [5.74, 6) is 0.552. The smallest absolute Gasteiger partial charge is 0.407 e. The number of fused-ring (bicyclic) bond motifs is 2. The molecule has 43 heavy (non-hydrogen) atoms. The molecule has 8 nitrogen and oxygen atoms in total. The lowest BCUT2D eigenvalue weighted by atomic mass is 9.88. The molecule has 0 spiro atoms. The van der Waals surface area contributed by atoms with Crippen molar-refractivity contribution in [2.45, 2.75) is 53.4 Å². The van der Waals surface area contributed by atoms with E-state index >= 15 is 0 Å². The van der Waals surface area contributed by atoms with Crippen molar-refractivity contribution < 1.29 is 23.8 Å². The van der Waals surface area contributed by atoms with E-state index in [9.17, 15) is 9.59 Å². The molecule has 2 aliphatic rings. The molecule has 2 aromatic rings. The van der Waals surface area contributed by atoms with E-state index in [1.165, 1.54) is 0 Å². The van der Waals surface area contributed by atoms with E-state index in [-0.39, 0.29) is 25.7 Å². The molecular weight excluding hydrogens is 542 g/mol. The van der Waals surface area contributed by atoms with Gasteiger partial charge in [0.05, 0.1) is 11.9 Å². The molecule has 0 aromatic heterocycles. The first-order valence-electron chi connectivity index (χ1n) is 15.1. The second-order valence-electron chi connectivity index (χ2n) is 11.0. The van der Waals surface area contributed by atoms with E-state index in [0.717, 1.165) is 75.4 Å². The van der Waals surface area contributed by atoms with Gasteiger partial charge in [0.15, 0.2) is 0 Å². The van der Waals surface area contributed by atoms with Crippen LogP contribution in [0.2, 0.25) is 0 Å². The van der Waals surface area contributed by atoms with Crippen molar-refractivity contribution in [3.63, 3.8) is 0 Å². The molecule has 0 fully saturated rings. The van der Waals surface area contributed by atoms with Gasteiger partial charge in [0, 0.05) is 54.9 Å². The first-order valence-corrected chi connectivity index (χ1v) is 15.1. The number of unbranched alkanes of at least 4 members (excludes halogenated alkanes) is 3. The molecule has 0 bridgehead atoms. The van der Waals surface area contributed by atoms with Gasteiger partial charge in [0.25, 0.3) is 5.91 Å². The minimum Gasteiger partial charge on any atom is -0.456 e. The van der Waals surface area contributed by atoms with E-state index in [1.54, 1.807) is 11.9 Å². The van der Waals surface area contributed by atoms with Crippen LogP contribution in [0.1, 0.15) is 59.7 Å². The molecule has 1 aliphatic heterocycles. The lowest BCUT2D eigenvalue weighted by Crippen LogP contribution is -2.33. The third-order valence-electron chi connectivity index (χ3n) is 7.77. The van der Waals surface area contributed by atoms with Crippen LogP contribution in [0.25, 0.3) is 33.4 Å². The Morgan fingerprint density at radius 3 is 2.47 bits per heavy atom. The van der Waals surface area contributed by atoms with Gasteiger partial charge in [-0.2, -0.15) is 0 Å². The summed E-state index contributed by atoms with van der Waals surface area (Å²) in [6.07, 6.45) is 2.97. The second kappa shape index (κ2) is 14.8. The highest BCUT2D eigenvalue weighted by molar-refractivity contribution is 6.09. The molecule has 1 aliphatic carbocycles. The third-order valence-corrected chi connectivity index (χ3v) is 7.77. The lowest BCUT2D eigenvalue weighted by molar-refractivity contribution is 0.0745. The summed E-state index contributed by atoms with van der Waals surface area (Å²) < 4.78 is 11.8. The summed E-state index contributed by atoms with van der Waals surface area (Å²) in [5.41, 5.74) is 7.29. The molecule has 2 amide bonds. The van der Waals surface area contributed by atoms with Crippen molar-refractivity contribution in [3.8, 4) is 22.5 Å². The minimum atomic E-state index is -0.496. The van der Waals surface area contributed by atoms with Gasteiger partial charge in [-0.05, 0) is 87.1 Å². The van der Waals surface area contributed by atoms with Crippen LogP contribution in [0.3, 0.4) is 0 Å². The monoisotopic (exact) mass is 585 g/mol. The highest BCUT2D eigenvalue weighted by Crippen LogP contribution is 2.42. The van der Waals surface area contributed by atoms with Crippen LogP contribution >= 0.6 is 0 Å². The number of aryl methyl sites for hydroxylation is 3. The van der Waals surface area contributed by atoms with Gasteiger partial charge in [-0.3, -0.25) is 9.79 Å². The number of nitrogens with zero attached hydrogens (tertiary/aromatic N) is 2. The number of hydrogen-bond donors (Lipinski definition) is 2. The van der Waals surface area contributed by atoms with Crippen LogP contribution in [0.5, 0.6) is 0 Å². The number of likely N-dealkylation sites (N-methyl/N-ethyl adjacent to an activating group) is 1. The number of alkyl carbamates (subject to hydrolysis) is 1. The zero-order chi connectivity index (χ0) is 30.9. The Kier molecular flexibility index (Phi) is 11.0. The van der Waals surface area contributed by atoms with Gasteiger partial charge in [-0.1, -0.05) is 31.0 Å². The van der Waals surface area contributed by atoms with Crippen LogP contribution in [0, 0.1) is 20.8 Å². The predicted molar refractivity (Wildman–Crippen MR) is 170 cm³/mol. The molecule has 8 heteroatoms. The molecule has 0 saturated heterocycles. The number of aliphatic hydroxyl groups is 1. The normalized spacial score (nSPS) is 11.7. The van der Waals surface area contributed by atoms with Crippen LogP contribution < -0.4 is 10.7 Å². The number of aliphatic hydroxyl groups excluding tert-OH is 1. The number of rotatable bonds is 12. The van der Waals surface area contributed by atoms with Crippen LogP contribution in [0.4, 0.5) is 4.79 Å². The Labute approximate surface area is 253 Å². The highest BCUT2D eigenvalue weighted by Gasteiger charge is 2.24. The number of nitrogens with one attached hydrogen (secondary N) is 1. The van der Waals surface area contributed by atoms with E-state index in [0.29, 0.717) is 24.4 Å². The van der Waals surface area contributed by atoms with E-state index in [2.05, 4.69) is 42.4 Å². The molecule has 4 rings (SSSR count). The second-order valence-corrected chi connectivity index (χ2v) is 11.0. The van der Waals surface area contributed by atoms with Gasteiger partial charge in [-0.25, -0.2) is 4.79 Å². The predicted octanol–water partition coefficient (Wildman–Crippen LogP) is 6.40. The van der Waals surface area contributed by atoms with Crippen molar-refractivity contribution in [1.29, 1.82) is 0 Å². The topological polar surface area (TPSA) is 104 Å². The van der Waals surface area contributed by atoms with Gasteiger partial charge in [0.1, 0.15) is 18.0 Å². The van der Waals surface area contributed by atoms with Gasteiger partial charge >= 0.3 is 6.09 Å². The molecule has 2 N–H and O–H groups in total. The Morgan fingerprint density at radius 2 is 1.70 bits per heavy atom. The summed E-state index contributed by atoms with van der Waals surface area (Å²) in [6, 6.07) is 15.9. The number of amides is 2. The quantitative estimate of drug-likeness (QED) is 0.148. The fourth-order valence-corrected chi connectivity index (χ4v) is 5.22. The van der Waals surface area contributed by atoms with Crippen molar-refractivity contribution in [1.82, 2.24) is 10.2 Å². The van der Waals surface area contributed by atoms with Gasteiger partial charge in [0.2, 0.25) is 0 Å². The standard InChI is InChI=1S/C35H43N3O5/c1-6-36-30-22-32-29(20-25(30)4)33(28-19-23(2)24(3)21-31(28)43-32)26-13-9-10-14-27(26)34(40)38(5)16-18-42-35(41)37-15-11-7-8-12-17-39/h9-10,13-14,19-22,39H,6-8,11-12,15-18H2,1-5H3,(H,37,41). The first-order chi connectivity index (χ1) is 20.7. The summed E-state index contributed by atoms with van der Waals surface area (Å²) in [6.45, 7) is 9.91. The molecular formula is C35H43N3O5. The minimum absolute atomic E-state index is 0.0816. The van der Waals surface area contributed by atoms with Crippen LogP contribution in [0.15, 0.2) is 57.9 Å². The van der Waals surface area contributed by atoms with Crippen molar-refractivity contribution in [2.24, 2.45) is 4.99 Å². The molecule has 0 saturated carbocycles. The Balaban J connectivity index is 1.62. The van der Waals surface area contributed by atoms with Crippen LogP contribution in [-0.4, -0.2) is 61.9 Å². The van der Waals surface area contributed by atoms with Crippen molar-refractivity contribution in [3.05, 3.63) is 76.1 Å². The first kappa shape index (κ1) is 31.8. The van der Waals surface area contributed by atoms with Gasteiger partial charge in [-0.15, -0.1) is 0 Å². The summed E-state index contributed by atoms with van der Waals surface area (Å²) in [4.78, 5) is 32.1. The van der Waals surface area contributed by atoms with Crippen LogP contribution in [-0.2, 0) is 4.74 Å². The maximum atomic E-state index is 13.8. The maximum Gasteiger partial charge on any atom is 0.407 e. The fraction of sp³-hybridized carbons (Fsp3) is 0.400. The number of carbonyl (C=O) groups is 2. The lowest BCUT2D eigenvalue weighted by Gasteiger charge is -2.22. The fourth-order valence-electron chi connectivity index (χ4n) is 5.22. The molecule has 0 unspecified atom stereocenters. The zero-order valence-electron chi connectivity index (χ0n) is 26.0. The average Bonchev–Trinajstić information content (AvgIpc) is 2.99. The Morgan fingerprint density at radius 1 is 0.953 bits per heavy atom. The van der Waals surface area contributed by atoms with E-state index in [1.807, 2.05) is 44.2 Å². The molecule has 2 aromatic carbocycles. The molecule has 1 heterocycles. The number of hydrogen-bond acceptors (Lipinski definition) is 6. The van der Waals surface area contributed by atoms with Crippen molar-refractivity contribution in [2.75, 3.05) is 39.9 Å². The average molecular weight is 586 g/mol. The Hall–Kier alpha value is -4.17. The molecule has 0 radical (unpaired) electrons. The summed E-state index contributed by atoms with van der Waals surface area (Å²) >= 11 is 0. The zero-order valence-corrected chi connectivity index (χ0v) is 26.0. The number of ether oxygens (including phenoxy) is 1. The molecule has 228 valence electrons. The maximum absolute atomic E-state index is 13.8. The van der Waals surface area contributed by atoms with E-state index < -0.39 is 6.09 Å². The summed E-state index contributed by atoms with van der Waals surface area (Å²) in [5, 5.41) is 13.4. The Bertz CT molecular complexity index is 1620. The molecule has 0 atom stereocenters. The van der Waals surface area contributed by atoms with E-state index in [4.69, 9.17) is 14.3 Å². The highest BCUT2D eigenvalue weighted by atomic mass is 16.5. The van der Waals surface area contributed by atoms with Crippen molar-refractivity contribution >= 4 is 23.0 Å². The number of benzene rings is 3. The third kappa shape index (κ3) is 7.62. The number of carbonyl (C=O) groups excluding carboxylic acids is 2. The SMILES string of the molecule is CCN=c1cc2oc3cc(C)c(C)cc3c(-c3ccccc3C(=O)N(C)CCOC(=O)NCCCCCCO)c-2cc1C. The summed E-state index contributed by atoms with van der Waals surface area (Å²) in [7, 11) is 1.72. The largest absolute Gasteiger partial charge is 0.456 e. The van der Waals surface area contributed by atoms with Gasteiger partial charge < -0.3 is 24.5 Å².